The summed E-state index contributed by atoms with van der Waals surface area (Å²) >= 11 is 0. The van der Waals surface area contributed by atoms with Crippen molar-refractivity contribution in [3.63, 3.8) is 0 Å². The lowest BCUT2D eigenvalue weighted by Crippen LogP contribution is -2.32. The van der Waals surface area contributed by atoms with E-state index in [1.807, 2.05) is 6.92 Å². The molecule has 0 unspecified atom stereocenters. The van der Waals surface area contributed by atoms with Gasteiger partial charge >= 0.3 is 0 Å². The highest BCUT2D eigenvalue weighted by atomic mass is 16.5. The Kier molecular flexibility index (Phi) is 4.54. The topological polar surface area (TPSA) is 104 Å². The number of nitrogens with two attached hydrogens (primary N) is 2. The monoisotopic (exact) mass is 278 g/mol. The third kappa shape index (κ3) is 2.90. The first-order valence-electron chi connectivity index (χ1n) is 7.16. The molecular formula is C14H22N4O2. The van der Waals surface area contributed by atoms with Crippen LogP contribution in [0, 0.1) is 0 Å². The summed E-state index contributed by atoms with van der Waals surface area (Å²) in [5, 5.41) is 0. The lowest BCUT2D eigenvalue weighted by Gasteiger charge is -2.31. The first-order valence-corrected chi connectivity index (χ1v) is 7.16. The summed E-state index contributed by atoms with van der Waals surface area (Å²) in [4.78, 5) is 19.8. The van der Waals surface area contributed by atoms with Crippen LogP contribution in [0.2, 0.25) is 0 Å². The van der Waals surface area contributed by atoms with Gasteiger partial charge in [0.15, 0.2) is 5.82 Å². The van der Waals surface area contributed by atoms with E-state index in [2.05, 4.69) is 9.97 Å². The van der Waals surface area contributed by atoms with Gasteiger partial charge in [0.2, 0.25) is 0 Å². The van der Waals surface area contributed by atoms with Crippen LogP contribution in [0.3, 0.4) is 0 Å². The second-order valence-corrected chi connectivity index (χ2v) is 5.20. The molecule has 1 aliphatic carbocycles. The first kappa shape index (κ1) is 14.7. The Balaban J connectivity index is 2.38. The van der Waals surface area contributed by atoms with Crippen molar-refractivity contribution in [3.8, 4) is 0 Å². The van der Waals surface area contributed by atoms with Gasteiger partial charge in [-0.15, -0.1) is 0 Å². The number of rotatable bonds is 4. The Bertz CT molecular complexity index is 482. The fourth-order valence-electron chi connectivity index (χ4n) is 2.81. The molecule has 0 atom stereocenters. The highest BCUT2D eigenvalue weighted by Crippen LogP contribution is 2.38. The molecular weight excluding hydrogens is 256 g/mol. The van der Waals surface area contributed by atoms with Crippen molar-refractivity contribution in [2.24, 2.45) is 5.73 Å². The maximum Gasteiger partial charge on any atom is 0.254 e. The predicted molar refractivity (Wildman–Crippen MR) is 76.0 cm³/mol. The largest absolute Gasteiger partial charge is 0.383 e. The van der Waals surface area contributed by atoms with Crippen molar-refractivity contribution < 1.29 is 9.53 Å². The minimum absolute atomic E-state index is 0.130. The molecule has 1 amide bonds. The van der Waals surface area contributed by atoms with Crippen molar-refractivity contribution in [1.29, 1.82) is 0 Å². The summed E-state index contributed by atoms with van der Waals surface area (Å²) in [6, 6.07) is 0. The molecule has 1 aliphatic rings. The van der Waals surface area contributed by atoms with E-state index in [-0.39, 0.29) is 11.4 Å². The summed E-state index contributed by atoms with van der Waals surface area (Å²) < 4.78 is 6.00. The molecule has 20 heavy (non-hydrogen) atoms. The molecule has 110 valence electrons. The molecule has 1 aromatic rings. The van der Waals surface area contributed by atoms with Gasteiger partial charge in [0.05, 0.1) is 5.56 Å². The fraction of sp³-hybridized carbons (Fsp3) is 0.643. The molecule has 1 fully saturated rings. The van der Waals surface area contributed by atoms with E-state index in [0.29, 0.717) is 12.4 Å². The SMILES string of the molecule is CCOC1(c2ncc(C(N)=O)c(N)n2)CCCCCC1. The van der Waals surface area contributed by atoms with Crippen LogP contribution >= 0.6 is 0 Å². The summed E-state index contributed by atoms with van der Waals surface area (Å²) in [5.74, 6) is 0.0925. The lowest BCUT2D eigenvalue weighted by atomic mass is 9.93. The number of nitrogen functional groups attached to an aromatic ring is 1. The van der Waals surface area contributed by atoms with Gasteiger partial charge in [0.1, 0.15) is 11.4 Å². The number of anilines is 1. The zero-order valence-corrected chi connectivity index (χ0v) is 11.9. The zero-order chi connectivity index (χ0) is 14.6. The third-order valence-electron chi connectivity index (χ3n) is 3.82. The molecule has 0 aliphatic heterocycles. The van der Waals surface area contributed by atoms with Crippen molar-refractivity contribution in [3.05, 3.63) is 17.6 Å². The number of carbonyl (C=O) groups is 1. The van der Waals surface area contributed by atoms with Gasteiger partial charge in [-0.2, -0.15) is 0 Å². The van der Waals surface area contributed by atoms with Gasteiger partial charge in [0.25, 0.3) is 5.91 Å². The van der Waals surface area contributed by atoms with Crippen LogP contribution in [-0.2, 0) is 10.3 Å². The predicted octanol–water partition coefficient (Wildman–Crippen LogP) is 1.74. The smallest absolute Gasteiger partial charge is 0.254 e. The van der Waals surface area contributed by atoms with E-state index in [1.165, 1.54) is 19.0 Å². The highest BCUT2D eigenvalue weighted by Gasteiger charge is 2.36. The van der Waals surface area contributed by atoms with Crippen molar-refractivity contribution >= 4 is 11.7 Å². The molecule has 6 nitrogen and oxygen atoms in total. The average molecular weight is 278 g/mol. The molecule has 1 saturated carbocycles. The van der Waals surface area contributed by atoms with Crippen LogP contribution in [0.4, 0.5) is 5.82 Å². The molecule has 0 bridgehead atoms. The Labute approximate surface area is 118 Å². The number of aromatic nitrogens is 2. The van der Waals surface area contributed by atoms with Gasteiger partial charge in [-0.1, -0.05) is 25.7 Å². The van der Waals surface area contributed by atoms with Crippen molar-refractivity contribution in [1.82, 2.24) is 9.97 Å². The number of nitrogens with zero attached hydrogens (tertiary/aromatic N) is 2. The average Bonchev–Trinajstić information content (AvgIpc) is 2.65. The minimum Gasteiger partial charge on any atom is -0.383 e. The highest BCUT2D eigenvalue weighted by molar-refractivity contribution is 5.96. The van der Waals surface area contributed by atoms with Crippen molar-refractivity contribution in [2.75, 3.05) is 12.3 Å². The summed E-state index contributed by atoms with van der Waals surface area (Å²) in [6.07, 6.45) is 7.74. The first-order chi connectivity index (χ1) is 9.59. The van der Waals surface area contributed by atoms with E-state index < -0.39 is 11.5 Å². The Morgan fingerprint density at radius 2 is 2.00 bits per heavy atom. The van der Waals surface area contributed by atoms with Crippen LogP contribution in [-0.4, -0.2) is 22.5 Å². The van der Waals surface area contributed by atoms with E-state index in [1.54, 1.807) is 0 Å². The second kappa shape index (κ2) is 6.17. The molecule has 6 heteroatoms. The number of amides is 1. The summed E-state index contributed by atoms with van der Waals surface area (Å²) in [7, 11) is 0. The molecule has 2 rings (SSSR count). The third-order valence-corrected chi connectivity index (χ3v) is 3.82. The zero-order valence-electron chi connectivity index (χ0n) is 11.9. The number of ether oxygens (including phenoxy) is 1. The van der Waals surface area contributed by atoms with Crippen LogP contribution in [0.25, 0.3) is 0 Å². The molecule has 0 aromatic carbocycles. The molecule has 0 radical (unpaired) electrons. The second-order valence-electron chi connectivity index (χ2n) is 5.20. The summed E-state index contributed by atoms with van der Waals surface area (Å²) in [6.45, 7) is 2.56. The number of hydrogen-bond acceptors (Lipinski definition) is 5. The molecule has 1 heterocycles. The number of primary amides is 1. The Morgan fingerprint density at radius 3 is 2.50 bits per heavy atom. The van der Waals surface area contributed by atoms with E-state index in [4.69, 9.17) is 16.2 Å². The number of carbonyl (C=O) groups excluding carboxylic acids is 1. The van der Waals surface area contributed by atoms with Gasteiger partial charge < -0.3 is 16.2 Å². The standard InChI is InChI=1S/C14H22N4O2/c1-2-20-14(7-5-3-4-6-8-14)13-17-9-10(12(16)19)11(15)18-13/h9H,2-8H2,1H3,(H2,16,19)(H2,15,17,18). The van der Waals surface area contributed by atoms with Gasteiger partial charge in [-0.25, -0.2) is 9.97 Å². The Morgan fingerprint density at radius 1 is 1.35 bits per heavy atom. The molecule has 0 spiro atoms. The van der Waals surface area contributed by atoms with Gasteiger partial charge in [-0.05, 0) is 19.8 Å². The number of hydrogen-bond donors (Lipinski definition) is 2. The lowest BCUT2D eigenvalue weighted by molar-refractivity contribution is -0.0623. The molecule has 1 aromatic heterocycles. The van der Waals surface area contributed by atoms with Crippen molar-refractivity contribution in [2.45, 2.75) is 51.0 Å². The quantitative estimate of drug-likeness (QED) is 0.816. The maximum atomic E-state index is 11.2. The minimum atomic E-state index is -0.611. The van der Waals surface area contributed by atoms with Gasteiger partial charge in [0, 0.05) is 12.8 Å². The fourth-order valence-corrected chi connectivity index (χ4v) is 2.81. The molecule has 0 saturated heterocycles. The molecule has 4 N–H and O–H groups in total. The van der Waals surface area contributed by atoms with E-state index in [9.17, 15) is 4.79 Å². The van der Waals surface area contributed by atoms with Crippen LogP contribution in [0.5, 0.6) is 0 Å². The van der Waals surface area contributed by atoms with Crippen LogP contribution < -0.4 is 11.5 Å². The van der Waals surface area contributed by atoms with E-state index >= 15 is 0 Å². The van der Waals surface area contributed by atoms with Crippen LogP contribution in [0.15, 0.2) is 6.20 Å². The maximum absolute atomic E-state index is 11.2. The van der Waals surface area contributed by atoms with Gasteiger partial charge in [-0.3, -0.25) is 4.79 Å². The van der Waals surface area contributed by atoms with Crippen LogP contribution in [0.1, 0.15) is 61.6 Å². The Hall–Kier alpha value is -1.69. The normalized spacial score (nSPS) is 18.4. The summed E-state index contributed by atoms with van der Waals surface area (Å²) in [5.41, 5.74) is 10.7. The van der Waals surface area contributed by atoms with E-state index in [0.717, 1.165) is 25.7 Å².